The fourth-order valence-electron chi connectivity index (χ4n) is 1.76. The van der Waals surface area contributed by atoms with Crippen LogP contribution in [-0.2, 0) is 4.79 Å². The summed E-state index contributed by atoms with van der Waals surface area (Å²) in [5.41, 5.74) is 1.09. The molecule has 1 aromatic carbocycles. The second-order valence-corrected chi connectivity index (χ2v) is 5.80. The van der Waals surface area contributed by atoms with Crippen LogP contribution < -0.4 is 10.1 Å². The van der Waals surface area contributed by atoms with Gasteiger partial charge in [-0.05, 0) is 37.6 Å². The topological polar surface area (TPSA) is 88.5 Å². The van der Waals surface area contributed by atoms with Gasteiger partial charge in [0.2, 0.25) is 0 Å². The van der Waals surface area contributed by atoms with Crippen molar-refractivity contribution in [3.05, 3.63) is 35.3 Å². The summed E-state index contributed by atoms with van der Waals surface area (Å²) in [5.74, 6) is -0.790. The Morgan fingerprint density at radius 3 is 2.65 bits per heavy atom. The molecule has 1 heterocycles. The molecule has 1 unspecified atom stereocenters. The molecule has 0 saturated carbocycles. The smallest absolute Gasteiger partial charge is 0.325 e. The molecule has 2 rings (SSSR count). The molecule has 0 aliphatic heterocycles. The lowest BCUT2D eigenvalue weighted by molar-refractivity contribution is -0.138. The van der Waals surface area contributed by atoms with E-state index in [4.69, 9.17) is 9.84 Å². The number of nitrogens with one attached hydrogen (secondary N) is 1. The van der Waals surface area contributed by atoms with Gasteiger partial charge in [0.05, 0.1) is 6.61 Å². The molecule has 7 heteroatoms. The molecule has 2 N–H and O–H groups in total. The number of rotatable bonds is 7. The minimum atomic E-state index is -1.09. The molecule has 23 heavy (non-hydrogen) atoms. The van der Waals surface area contributed by atoms with Crippen molar-refractivity contribution in [2.75, 3.05) is 6.61 Å². The van der Waals surface area contributed by atoms with Crippen molar-refractivity contribution in [1.82, 2.24) is 10.3 Å². The average molecular weight is 334 g/mol. The Labute approximate surface area is 138 Å². The van der Waals surface area contributed by atoms with Crippen LogP contribution in [0.3, 0.4) is 0 Å². The molecule has 0 aliphatic carbocycles. The molecule has 122 valence electrons. The molecule has 2 aromatic rings. The third-order valence-electron chi connectivity index (χ3n) is 3.03. The summed E-state index contributed by atoms with van der Waals surface area (Å²) in [6, 6.07) is 6.52. The molecular weight excluding hydrogens is 316 g/mol. The minimum absolute atomic E-state index is 0.212. The largest absolute Gasteiger partial charge is 0.494 e. The van der Waals surface area contributed by atoms with Crippen LogP contribution in [0.25, 0.3) is 10.6 Å². The Balaban J connectivity index is 2.06. The van der Waals surface area contributed by atoms with E-state index in [1.54, 1.807) is 5.38 Å². The highest BCUT2D eigenvalue weighted by molar-refractivity contribution is 7.13. The van der Waals surface area contributed by atoms with E-state index in [9.17, 15) is 9.59 Å². The average Bonchev–Trinajstić information content (AvgIpc) is 3.03. The minimum Gasteiger partial charge on any atom is -0.494 e. The van der Waals surface area contributed by atoms with Crippen molar-refractivity contribution in [2.45, 2.75) is 26.3 Å². The number of ether oxygens (including phenoxy) is 1. The number of aromatic nitrogens is 1. The summed E-state index contributed by atoms with van der Waals surface area (Å²) in [6.07, 6.45) is 0.946. The van der Waals surface area contributed by atoms with Gasteiger partial charge in [-0.2, -0.15) is 0 Å². The van der Waals surface area contributed by atoms with Crippen LogP contribution >= 0.6 is 11.3 Å². The van der Waals surface area contributed by atoms with Crippen LogP contribution in [0.2, 0.25) is 0 Å². The van der Waals surface area contributed by atoms with E-state index < -0.39 is 17.9 Å². The molecule has 0 fully saturated rings. The molecule has 1 atom stereocenters. The molecule has 1 amide bonds. The van der Waals surface area contributed by atoms with Crippen molar-refractivity contribution in [3.63, 3.8) is 0 Å². The normalized spacial score (nSPS) is 11.7. The van der Waals surface area contributed by atoms with Gasteiger partial charge in [0.25, 0.3) is 5.91 Å². The molecule has 6 nitrogen and oxygen atoms in total. The van der Waals surface area contributed by atoms with Crippen LogP contribution in [0.15, 0.2) is 29.6 Å². The van der Waals surface area contributed by atoms with Gasteiger partial charge in [0, 0.05) is 10.9 Å². The Morgan fingerprint density at radius 2 is 2.04 bits per heavy atom. The highest BCUT2D eigenvalue weighted by atomic mass is 32.1. The number of aliphatic carboxylic acids is 1. The Bertz CT molecular complexity index is 682. The number of thiazole rings is 1. The fourth-order valence-corrected chi connectivity index (χ4v) is 2.56. The lowest BCUT2D eigenvalue weighted by atomic mass is 10.2. The summed E-state index contributed by atoms with van der Waals surface area (Å²) in [4.78, 5) is 26.9. The predicted molar refractivity (Wildman–Crippen MR) is 87.9 cm³/mol. The zero-order valence-electron chi connectivity index (χ0n) is 12.9. The first-order valence-electron chi connectivity index (χ1n) is 7.23. The highest BCUT2D eigenvalue weighted by Gasteiger charge is 2.17. The maximum absolute atomic E-state index is 11.9. The van der Waals surface area contributed by atoms with Crippen LogP contribution in [0.4, 0.5) is 0 Å². The first-order chi connectivity index (χ1) is 11.0. The lowest BCUT2D eigenvalue weighted by Gasteiger charge is -2.07. The summed E-state index contributed by atoms with van der Waals surface area (Å²) in [5, 5.41) is 13.5. The number of carboxylic acids is 1. The van der Waals surface area contributed by atoms with E-state index in [2.05, 4.69) is 10.3 Å². The molecule has 0 radical (unpaired) electrons. The summed E-state index contributed by atoms with van der Waals surface area (Å²) >= 11 is 1.33. The van der Waals surface area contributed by atoms with E-state index in [1.165, 1.54) is 18.3 Å². The van der Waals surface area contributed by atoms with E-state index in [-0.39, 0.29) is 5.69 Å². The van der Waals surface area contributed by atoms with Crippen molar-refractivity contribution in [2.24, 2.45) is 0 Å². The predicted octanol–water partition coefficient (Wildman–Crippen LogP) is 2.80. The van der Waals surface area contributed by atoms with Gasteiger partial charge in [-0.25, -0.2) is 4.98 Å². The van der Waals surface area contributed by atoms with Crippen LogP contribution in [0.1, 0.15) is 30.8 Å². The van der Waals surface area contributed by atoms with Gasteiger partial charge in [-0.3, -0.25) is 9.59 Å². The number of carboxylic acid groups (broad SMARTS) is 1. The van der Waals surface area contributed by atoms with Crippen LogP contribution in [0, 0.1) is 0 Å². The summed E-state index contributed by atoms with van der Waals surface area (Å²) < 4.78 is 5.52. The summed E-state index contributed by atoms with van der Waals surface area (Å²) in [6.45, 7) is 4.12. The maximum Gasteiger partial charge on any atom is 0.325 e. The van der Waals surface area contributed by atoms with Crippen LogP contribution in [-0.4, -0.2) is 34.6 Å². The molecule has 0 spiro atoms. The molecule has 0 bridgehead atoms. The van der Waals surface area contributed by atoms with E-state index >= 15 is 0 Å². The number of benzene rings is 1. The monoisotopic (exact) mass is 334 g/mol. The fraction of sp³-hybridized carbons (Fsp3) is 0.312. The zero-order chi connectivity index (χ0) is 16.8. The third-order valence-corrected chi connectivity index (χ3v) is 3.92. The lowest BCUT2D eigenvalue weighted by Crippen LogP contribution is -2.38. The Kier molecular flexibility index (Phi) is 5.70. The standard InChI is InChI=1S/C16H18N2O4S/c1-3-8-22-12-6-4-11(5-7-12)15-18-13(9-23-15)14(19)17-10(2)16(20)21/h4-7,9-10H,3,8H2,1-2H3,(H,17,19)(H,20,21). The van der Waals surface area contributed by atoms with Gasteiger partial charge < -0.3 is 15.2 Å². The van der Waals surface area contributed by atoms with Crippen molar-refractivity contribution < 1.29 is 19.4 Å². The SMILES string of the molecule is CCCOc1ccc(-c2nc(C(=O)NC(C)C(=O)O)cs2)cc1. The van der Waals surface area contributed by atoms with Gasteiger partial charge in [0.1, 0.15) is 22.5 Å². The number of carbonyl (C=O) groups excluding carboxylic acids is 1. The number of nitrogens with zero attached hydrogens (tertiary/aromatic N) is 1. The second-order valence-electron chi connectivity index (χ2n) is 4.94. The van der Waals surface area contributed by atoms with Gasteiger partial charge >= 0.3 is 5.97 Å². The van der Waals surface area contributed by atoms with Crippen LogP contribution in [0.5, 0.6) is 5.75 Å². The zero-order valence-corrected chi connectivity index (χ0v) is 13.7. The van der Waals surface area contributed by atoms with E-state index in [1.807, 2.05) is 31.2 Å². The first kappa shape index (κ1) is 17.0. The van der Waals surface area contributed by atoms with E-state index in [0.29, 0.717) is 11.6 Å². The molecule has 1 aromatic heterocycles. The second kappa shape index (κ2) is 7.73. The van der Waals surface area contributed by atoms with Crippen molar-refractivity contribution >= 4 is 23.2 Å². The van der Waals surface area contributed by atoms with Crippen molar-refractivity contribution in [3.8, 4) is 16.3 Å². The molecule has 0 aliphatic rings. The quantitative estimate of drug-likeness (QED) is 0.813. The Hall–Kier alpha value is -2.41. The molecule has 0 saturated heterocycles. The maximum atomic E-state index is 11.9. The third kappa shape index (κ3) is 4.53. The Morgan fingerprint density at radius 1 is 1.35 bits per heavy atom. The van der Waals surface area contributed by atoms with E-state index in [0.717, 1.165) is 17.7 Å². The van der Waals surface area contributed by atoms with Gasteiger partial charge in [-0.15, -0.1) is 11.3 Å². The molecular formula is C16H18N2O4S. The van der Waals surface area contributed by atoms with Gasteiger partial charge in [-0.1, -0.05) is 6.92 Å². The van der Waals surface area contributed by atoms with Crippen molar-refractivity contribution in [1.29, 1.82) is 0 Å². The highest BCUT2D eigenvalue weighted by Crippen LogP contribution is 2.25. The number of hydrogen-bond donors (Lipinski definition) is 2. The first-order valence-corrected chi connectivity index (χ1v) is 8.11. The number of hydrogen-bond acceptors (Lipinski definition) is 5. The number of amides is 1. The number of carbonyl (C=O) groups is 2. The summed E-state index contributed by atoms with van der Waals surface area (Å²) in [7, 11) is 0. The van der Waals surface area contributed by atoms with Gasteiger partial charge in [0.15, 0.2) is 0 Å².